The molecule has 27 heavy (non-hydrogen) atoms. The minimum Gasteiger partial charge on any atom is -0.503 e. The highest BCUT2D eigenvalue weighted by atomic mass is 32.1. The van der Waals surface area contributed by atoms with Gasteiger partial charge in [-0.25, -0.2) is 4.98 Å². The van der Waals surface area contributed by atoms with Gasteiger partial charge in [0.15, 0.2) is 5.76 Å². The van der Waals surface area contributed by atoms with E-state index in [2.05, 4.69) is 15.2 Å². The Labute approximate surface area is 166 Å². The van der Waals surface area contributed by atoms with Crippen molar-refractivity contribution >= 4 is 50.8 Å². The number of hydrogen-bond donors (Lipinski definition) is 1. The smallest absolute Gasteiger partial charge is 0.296 e. The van der Waals surface area contributed by atoms with Gasteiger partial charge in [-0.3, -0.25) is 14.5 Å². The van der Waals surface area contributed by atoms with Crippen molar-refractivity contribution in [3.63, 3.8) is 0 Å². The van der Waals surface area contributed by atoms with Crippen LogP contribution in [0.4, 0.5) is 5.13 Å². The molecule has 0 bridgehead atoms. The predicted molar refractivity (Wildman–Crippen MR) is 105 cm³/mol. The number of aliphatic hydroxyl groups is 1. The molecular weight excluding hydrogens is 404 g/mol. The fraction of sp³-hybridized carbons (Fsp3) is 0.235. The van der Waals surface area contributed by atoms with Gasteiger partial charge in [0.05, 0.1) is 21.2 Å². The highest BCUT2D eigenvalue weighted by Gasteiger charge is 2.47. The van der Waals surface area contributed by atoms with Crippen molar-refractivity contribution < 1.29 is 14.7 Å². The lowest BCUT2D eigenvalue weighted by Gasteiger charge is -2.22. The lowest BCUT2D eigenvalue weighted by atomic mass is 10.0. The van der Waals surface area contributed by atoms with Gasteiger partial charge in [-0.05, 0) is 32.2 Å². The van der Waals surface area contributed by atoms with E-state index in [9.17, 15) is 14.7 Å². The van der Waals surface area contributed by atoms with Crippen molar-refractivity contribution in [2.24, 2.45) is 0 Å². The molecule has 1 amide bonds. The number of carbonyl (C=O) groups excluding carboxylic acids is 2. The highest BCUT2D eigenvalue weighted by Crippen LogP contribution is 2.44. The number of thiazole rings is 1. The molecule has 1 aliphatic rings. The van der Waals surface area contributed by atoms with E-state index in [1.54, 1.807) is 13.8 Å². The van der Waals surface area contributed by atoms with Crippen LogP contribution >= 0.6 is 34.0 Å². The molecule has 1 unspecified atom stereocenters. The standard InChI is InChI=1S/C17H14N4O3S3/c1-7-15(26-8(2)18-7)13(22)11-12(10-5-4-6-25-10)21(16(24)14(11)23)17-20-19-9(3)27-17/h4-6,12,23H,1-3H3. The van der Waals surface area contributed by atoms with Gasteiger partial charge in [-0.15, -0.1) is 32.9 Å². The van der Waals surface area contributed by atoms with Crippen molar-refractivity contribution in [3.8, 4) is 0 Å². The number of aromatic nitrogens is 3. The molecule has 1 N–H and O–H groups in total. The summed E-state index contributed by atoms with van der Waals surface area (Å²) in [7, 11) is 0. The van der Waals surface area contributed by atoms with E-state index in [4.69, 9.17) is 0 Å². The SMILES string of the molecule is Cc1nnc(N2C(=O)C(O)=C(C(=O)c3sc(C)nc3C)C2c2cccs2)s1. The summed E-state index contributed by atoms with van der Waals surface area (Å²) in [6.07, 6.45) is 0. The molecule has 138 valence electrons. The summed E-state index contributed by atoms with van der Waals surface area (Å²) in [5.41, 5.74) is 0.646. The van der Waals surface area contributed by atoms with Crippen LogP contribution in [0.5, 0.6) is 0 Å². The summed E-state index contributed by atoms with van der Waals surface area (Å²) in [4.78, 5) is 33.0. The van der Waals surface area contributed by atoms with Gasteiger partial charge < -0.3 is 5.11 Å². The Morgan fingerprint density at radius 2 is 1.96 bits per heavy atom. The summed E-state index contributed by atoms with van der Waals surface area (Å²) in [6.45, 7) is 5.34. The largest absolute Gasteiger partial charge is 0.503 e. The van der Waals surface area contributed by atoms with Crippen LogP contribution in [0.2, 0.25) is 0 Å². The molecular formula is C17H14N4O3S3. The zero-order chi connectivity index (χ0) is 19.3. The third kappa shape index (κ3) is 2.89. The molecule has 0 aliphatic carbocycles. The number of ketones is 1. The normalized spacial score (nSPS) is 17.2. The van der Waals surface area contributed by atoms with Crippen molar-refractivity contribution in [2.45, 2.75) is 26.8 Å². The van der Waals surface area contributed by atoms with Crippen molar-refractivity contribution in [2.75, 3.05) is 4.90 Å². The molecule has 4 rings (SSSR count). The Balaban J connectivity index is 1.87. The molecule has 3 aromatic heterocycles. The first kappa shape index (κ1) is 18.0. The van der Waals surface area contributed by atoms with Gasteiger partial charge in [-0.1, -0.05) is 17.4 Å². The quantitative estimate of drug-likeness (QED) is 0.648. The van der Waals surface area contributed by atoms with Crippen LogP contribution in [-0.4, -0.2) is 32.0 Å². The second kappa shape index (κ2) is 6.63. The molecule has 1 atom stereocenters. The summed E-state index contributed by atoms with van der Waals surface area (Å²) in [5.74, 6) is -1.57. The topological polar surface area (TPSA) is 96.3 Å². The van der Waals surface area contributed by atoms with Gasteiger partial charge >= 0.3 is 0 Å². The van der Waals surface area contributed by atoms with Crippen molar-refractivity contribution in [1.29, 1.82) is 0 Å². The summed E-state index contributed by atoms with van der Waals surface area (Å²) in [6, 6.07) is 2.94. The van der Waals surface area contributed by atoms with Gasteiger partial charge in [0.2, 0.25) is 10.9 Å². The molecule has 3 aromatic rings. The van der Waals surface area contributed by atoms with Gasteiger partial charge in [-0.2, -0.15) is 0 Å². The summed E-state index contributed by atoms with van der Waals surface area (Å²) >= 11 is 3.90. The second-order valence-electron chi connectivity index (χ2n) is 5.94. The van der Waals surface area contributed by atoms with Crippen LogP contribution in [0.15, 0.2) is 28.8 Å². The molecule has 0 saturated carbocycles. The van der Waals surface area contributed by atoms with Crippen molar-refractivity contribution in [3.05, 3.63) is 54.3 Å². The van der Waals surface area contributed by atoms with Gasteiger partial charge in [0.25, 0.3) is 5.91 Å². The molecule has 0 aromatic carbocycles. The lowest BCUT2D eigenvalue weighted by Crippen LogP contribution is -2.30. The number of aliphatic hydroxyl groups excluding tert-OH is 1. The van der Waals surface area contributed by atoms with Crippen LogP contribution < -0.4 is 4.90 Å². The van der Waals surface area contributed by atoms with Gasteiger partial charge in [0, 0.05) is 4.88 Å². The Bertz CT molecular complexity index is 1080. The average Bonchev–Trinajstić information content (AvgIpc) is 3.37. The Morgan fingerprint density at radius 1 is 1.19 bits per heavy atom. The van der Waals surface area contributed by atoms with Crippen LogP contribution in [0.3, 0.4) is 0 Å². The van der Waals surface area contributed by atoms with E-state index in [0.717, 1.165) is 9.88 Å². The Morgan fingerprint density at radius 3 is 2.52 bits per heavy atom. The lowest BCUT2D eigenvalue weighted by molar-refractivity contribution is -0.117. The molecule has 0 fully saturated rings. The summed E-state index contributed by atoms with van der Waals surface area (Å²) in [5, 5.41) is 22.3. The van der Waals surface area contributed by atoms with Crippen LogP contribution in [0.1, 0.15) is 36.3 Å². The molecule has 1 aliphatic heterocycles. The van der Waals surface area contributed by atoms with E-state index >= 15 is 0 Å². The monoisotopic (exact) mass is 418 g/mol. The van der Waals surface area contributed by atoms with Crippen LogP contribution in [0.25, 0.3) is 0 Å². The number of carbonyl (C=O) groups is 2. The third-order valence-corrected chi connectivity index (χ3v) is 6.93. The van der Waals surface area contributed by atoms with E-state index in [-0.39, 0.29) is 11.4 Å². The molecule has 0 radical (unpaired) electrons. The Hall–Kier alpha value is -2.43. The summed E-state index contributed by atoms with van der Waals surface area (Å²) < 4.78 is 0. The number of hydrogen-bond acceptors (Lipinski definition) is 9. The van der Waals surface area contributed by atoms with Gasteiger partial charge in [0.1, 0.15) is 11.0 Å². The first-order valence-corrected chi connectivity index (χ1v) is 10.5. The number of rotatable bonds is 4. The van der Waals surface area contributed by atoms with Crippen molar-refractivity contribution in [1.82, 2.24) is 15.2 Å². The third-order valence-electron chi connectivity index (χ3n) is 4.10. The molecule has 0 saturated heterocycles. The average molecular weight is 419 g/mol. The maximum absolute atomic E-state index is 13.3. The predicted octanol–water partition coefficient (Wildman–Crippen LogP) is 3.76. The second-order valence-corrected chi connectivity index (χ2v) is 9.28. The first-order valence-electron chi connectivity index (χ1n) is 7.97. The molecule has 4 heterocycles. The maximum Gasteiger partial charge on any atom is 0.296 e. The number of thiophene rings is 1. The fourth-order valence-corrected chi connectivity index (χ4v) is 5.41. The maximum atomic E-state index is 13.3. The minimum absolute atomic E-state index is 0.0575. The van der Waals surface area contributed by atoms with Crippen LogP contribution in [-0.2, 0) is 4.79 Å². The zero-order valence-corrected chi connectivity index (χ0v) is 17.0. The minimum atomic E-state index is -0.737. The van der Waals surface area contributed by atoms with E-state index in [1.165, 1.54) is 38.9 Å². The van der Waals surface area contributed by atoms with Crippen LogP contribution in [0, 0.1) is 20.8 Å². The highest BCUT2D eigenvalue weighted by molar-refractivity contribution is 7.15. The van der Waals surface area contributed by atoms with E-state index in [0.29, 0.717) is 20.7 Å². The fourth-order valence-electron chi connectivity index (χ4n) is 3.00. The number of nitrogens with zero attached hydrogens (tertiary/aromatic N) is 4. The molecule has 0 spiro atoms. The number of aryl methyl sites for hydroxylation is 3. The Kier molecular flexibility index (Phi) is 4.41. The van der Waals surface area contributed by atoms with E-state index in [1.807, 2.05) is 24.4 Å². The zero-order valence-electron chi connectivity index (χ0n) is 14.6. The van der Waals surface area contributed by atoms with E-state index < -0.39 is 17.7 Å². The molecule has 10 heteroatoms. The molecule has 7 nitrogen and oxygen atoms in total. The first-order chi connectivity index (χ1) is 12.9. The number of amides is 1. The number of anilines is 1. The number of Topliss-reactive ketones (excluding diaryl/α,β-unsaturated/α-hetero) is 1.